The average Bonchev–Trinajstić information content (AvgIpc) is 3.22. The number of ether oxygens (including phenoxy) is 1. The molecule has 27 heavy (non-hydrogen) atoms. The van der Waals surface area contributed by atoms with E-state index >= 15 is 0 Å². The fraction of sp³-hybridized carbons (Fsp3) is 0.412. The molecular formula is C17H18F3N5O2. The fourth-order valence-electron chi connectivity index (χ4n) is 2.63. The van der Waals surface area contributed by atoms with Gasteiger partial charge in [-0.2, -0.15) is 18.2 Å². The third-order valence-electron chi connectivity index (χ3n) is 3.95. The van der Waals surface area contributed by atoms with Gasteiger partial charge in [0.2, 0.25) is 11.7 Å². The van der Waals surface area contributed by atoms with Crippen molar-refractivity contribution in [1.82, 2.24) is 25.3 Å². The van der Waals surface area contributed by atoms with E-state index in [1.807, 2.05) is 26.0 Å². The van der Waals surface area contributed by atoms with E-state index in [2.05, 4.69) is 25.3 Å². The minimum absolute atomic E-state index is 0.122. The summed E-state index contributed by atoms with van der Waals surface area (Å²) in [5.41, 5.74) is 2.51. The number of aryl methyl sites for hydroxylation is 3. The lowest BCUT2D eigenvalue weighted by Crippen LogP contribution is -2.11. The van der Waals surface area contributed by atoms with Gasteiger partial charge in [0.05, 0.1) is 6.61 Å². The van der Waals surface area contributed by atoms with Gasteiger partial charge in [0.15, 0.2) is 0 Å². The maximum absolute atomic E-state index is 12.6. The highest BCUT2D eigenvalue weighted by Gasteiger charge is 2.36. The highest BCUT2D eigenvalue weighted by Crippen LogP contribution is 2.30. The molecule has 10 heteroatoms. The molecule has 1 N–H and O–H groups in total. The van der Waals surface area contributed by atoms with Crippen LogP contribution in [-0.2, 0) is 6.18 Å². The molecule has 1 unspecified atom stereocenters. The predicted molar refractivity (Wildman–Crippen MR) is 89.2 cm³/mol. The van der Waals surface area contributed by atoms with Crippen LogP contribution >= 0.6 is 0 Å². The second-order valence-corrected chi connectivity index (χ2v) is 6.33. The van der Waals surface area contributed by atoms with Gasteiger partial charge in [-0.05, 0) is 37.1 Å². The van der Waals surface area contributed by atoms with Gasteiger partial charge in [-0.15, -0.1) is 5.10 Å². The Balaban J connectivity index is 1.73. The molecule has 3 aromatic rings. The Morgan fingerprint density at radius 2 is 1.81 bits per heavy atom. The second-order valence-electron chi connectivity index (χ2n) is 6.33. The summed E-state index contributed by atoms with van der Waals surface area (Å²) in [7, 11) is 0. The van der Waals surface area contributed by atoms with Crippen molar-refractivity contribution >= 4 is 0 Å². The van der Waals surface area contributed by atoms with Crippen LogP contribution in [0.2, 0.25) is 0 Å². The highest BCUT2D eigenvalue weighted by atomic mass is 19.4. The van der Waals surface area contributed by atoms with Crippen LogP contribution in [0, 0.1) is 20.8 Å². The van der Waals surface area contributed by atoms with Crippen molar-refractivity contribution in [3.63, 3.8) is 0 Å². The first-order valence-electron chi connectivity index (χ1n) is 8.19. The second kappa shape index (κ2) is 7.01. The van der Waals surface area contributed by atoms with Crippen LogP contribution in [0.3, 0.4) is 0 Å². The van der Waals surface area contributed by atoms with E-state index in [1.54, 1.807) is 13.8 Å². The Hall–Kier alpha value is -2.91. The predicted octanol–water partition coefficient (Wildman–Crippen LogP) is 3.98. The number of H-pyrrole nitrogens is 1. The molecule has 0 saturated carbocycles. The zero-order valence-electron chi connectivity index (χ0n) is 15.2. The van der Waals surface area contributed by atoms with Crippen LogP contribution < -0.4 is 4.74 Å². The molecule has 7 nitrogen and oxygen atoms in total. The van der Waals surface area contributed by atoms with E-state index < -0.39 is 17.9 Å². The number of nitrogens with one attached hydrogen (secondary N) is 1. The lowest BCUT2D eigenvalue weighted by molar-refractivity contribution is -0.144. The average molecular weight is 381 g/mol. The monoisotopic (exact) mass is 381 g/mol. The van der Waals surface area contributed by atoms with Crippen molar-refractivity contribution in [3.05, 3.63) is 40.8 Å². The van der Waals surface area contributed by atoms with Gasteiger partial charge in [0.25, 0.3) is 5.82 Å². The minimum Gasteiger partial charge on any atom is -0.492 e. The summed E-state index contributed by atoms with van der Waals surface area (Å²) >= 11 is 0. The number of rotatable bonds is 5. The normalized spacial score (nSPS) is 13.0. The number of aromatic nitrogens is 5. The molecule has 2 aromatic heterocycles. The summed E-state index contributed by atoms with van der Waals surface area (Å²) < 4.78 is 48.7. The molecule has 3 rings (SSSR count). The van der Waals surface area contributed by atoms with Crippen LogP contribution in [0.5, 0.6) is 5.75 Å². The molecule has 0 aliphatic carbocycles. The Morgan fingerprint density at radius 3 is 2.33 bits per heavy atom. The molecule has 1 atom stereocenters. The van der Waals surface area contributed by atoms with Gasteiger partial charge < -0.3 is 9.26 Å². The largest absolute Gasteiger partial charge is 0.492 e. The van der Waals surface area contributed by atoms with Gasteiger partial charge in [-0.3, -0.25) is 5.10 Å². The summed E-state index contributed by atoms with van der Waals surface area (Å²) in [6.07, 6.45) is -4.58. The zero-order chi connectivity index (χ0) is 19.8. The molecule has 144 valence electrons. The zero-order valence-corrected chi connectivity index (χ0v) is 15.2. The molecule has 0 amide bonds. The Bertz CT molecular complexity index is 925. The van der Waals surface area contributed by atoms with Gasteiger partial charge in [0.1, 0.15) is 11.6 Å². The van der Waals surface area contributed by atoms with Crippen molar-refractivity contribution in [2.75, 3.05) is 6.61 Å². The van der Waals surface area contributed by atoms with E-state index in [1.165, 1.54) is 0 Å². The van der Waals surface area contributed by atoms with Crippen molar-refractivity contribution in [3.8, 4) is 17.1 Å². The van der Waals surface area contributed by atoms with Crippen LogP contribution in [0.4, 0.5) is 13.2 Å². The smallest absolute Gasteiger partial charge is 0.453 e. The van der Waals surface area contributed by atoms with E-state index in [9.17, 15) is 13.2 Å². The van der Waals surface area contributed by atoms with E-state index in [0.717, 1.165) is 16.7 Å². The topological polar surface area (TPSA) is 89.7 Å². The highest BCUT2D eigenvalue weighted by molar-refractivity contribution is 5.60. The first-order valence-corrected chi connectivity index (χ1v) is 8.19. The first kappa shape index (κ1) is 18.9. The summed E-state index contributed by atoms with van der Waals surface area (Å²) in [6, 6.07) is 3.74. The molecular weight excluding hydrogens is 363 g/mol. The molecule has 0 spiro atoms. The number of alkyl halides is 3. The van der Waals surface area contributed by atoms with Crippen molar-refractivity contribution in [2.45, 2.75) is 39.8 Å². The van der Waals surface area contributed by atoms with Gasteiger partial charge in [0, 0.05) is 18.4 Å². The molecule has 0 saturated heterocycles. The van der Waals surface area contributed by atoms with Crippen molar-refractivity contribution < 1.29 is 22.4 Å². The van der Waals surface area contributed by atoms with Crippen molar-refractivity contribution in [1.29, 1.82) is 0 Å². The van der Waals surface area contributed by atoms with Gasteiger partial charge in [-0.25, -0.2) is 4.98 Å². The molecule has 2 heterocycles. The summed E-state index contributed by atoms with van der Waals surface area (Å²) in [4.78, 5) is 7.70. The summed E-state index contributed by atoms with van der Waals surface area (Å²) in [6.45, 7) is 7.32. The van der Waals surface area contributed by atoms with E-state index in [0.29, 0.717) is 17.5 Å². The fourth-order valence-corrected chi connectivity index (χ4v) is 2.63. The van der Waals surface area contributed by atoms with Gasteiger partial charge in [-0.1, -0.05) is 12.1 Å². The quantitative estimate of drug-likeness (QED) is 0.719. The molecule has 0 radical (unpaired) electrons. The molecule has 0 bridgehead atoms. The number of aromatic amines is 1. The number of benzene rings is 1. The summed E-state index contributed by atoms with van der Waals surface area (Å²) in [5.74, 6) is 0.154. The first-order chi connectivity index (χ1) is 12.6. The maximum atomic E-state index is 12.6. The number of hydrogen-bond donors (Lipinski definition) is 1. The Kier molecular flexibility index (Phi) is 4.90. The molecule has 0 aliphatic rings. The van der Waals surface area contributed by atoms with Crippen LogP contribution in [0.1, 0.15) is 41.5 Å². The van der Waals surface area contributed by atoms with E-state index in [4.69, 9.17) is 9.26 Å². The van der Waals surface area contributed by atoms with Gasteiger partial charge >= 0.3 is 6.18 Å². The maximum Gasteiger partial charge on any atom is 0.453 e. The lowest BCUT2D eigenvalue weighted by atomic mass is 10.0. The third-order valence-corrected chi connectivity index (χ3v) is 3.95. The third kappa shape index (κ3) is 4.09. The minimum atomic E-state index is -4.58. The van der Waals surface area contributed by atoms with Crippen LogP contribution in [0.15, 0.2) is 16.7 Å². The standard InChI is InChI=1S/C17H18F3N5O2/c1-8-5-12(15-21-11(4)27-25-15)6-9(2)13(8)26-7-10(3)14-22-16(24-23-14)17(18,19)20/h5-6,10H,7H2,1-4H3,(H,22,23,24). The number of nitrogens with zero attached hydrogens (tertiary/aromatic N) is 4. The summed E-state index contributed by atoms with van der Waals surface area (Å²) in [5, 5.41) is 9.42. The van der Waals surface area contributed by atoms with Crippen LogP contribution in [-0.4, -0.2) is 31.9 Å². The lowest BCUT2D eigenvalue weighted by Gasteiger charge is -2.15. The number of halogens is 3. The van der Waals surface area contributed by atoms with E-state index in [-0.39, 0.29) is 12.4 Å². The SMILES string of the molecule is Cc1nc(-c2cc(C)c(OCC(C)c3nc(C(F)(F)F)n[nH]3)c(C)c2)no1. The van der Waals surface area contributed by atoms with Crippen LogP contribution in [0.25, 0.3) is 11.4 Å². The Labute approximate surface area is 153 Å². The molecule has 1 aromatic carbocycles. The van der Waals surface area contributed by atoms with Crippen molar-refractivity contribution in [2.24, 2.45) is 0 Å². The molecule has 0 fully saturated rings. The molecule has 0 aliphatic heterocycles. The Morgan fingerprint density at radius 1 is 1.15 bits per heavy atom. The number of hydrogen-bond acceptors (Lipinski definition) is 6.